The van der Waals surface area contributed by atoms with Gasteiger partial charge in [0.15, 0.2) is 0 Å². The van der Waals surface area contributed by atoms with Gasteiger partial charge in [-0.2, -0.15) is 10.2 Å². The molecule has 0 saturated heterocycles. The summed E-state index contributed by atoms with van der Waals surface area (Å²) in [5.41, 5.74) is 6.94. The van der Waals surface area contributed by atoms with E-state index in [1.807, 2.05) is 45.5 Å². The van der Waals surface area contributed by atoms with Crippen LogP contribution in [-0.2, 0) is 7.05 Å². The van der Waals surface area contributed by atoms with Crippen LogP contribution in [0.15, 0.2) is 23.2 Å². The van der Waals surface area contributed by atoms with Gasteiger partial charge >= 0.3 is 0 Å². The fourth-order valence-electron chi connectivity index (χ4n) is 4.33. The maximum Gasteiger partial charge on any atom is 0.140 e. The van der Waals surface area contributed by atoms with E-state index in [2.05, 4.69) is 43.0 Å². The molecular formula is C22H26N8O. The van der Waals surface area contributed by atoms with E-state index in [9.17, 15) is 0 Å². The van der Waals surface area contributed by atoms with E-state index in [1.165, 1.54) is 0 Å². The first-order valence-corrected chi connectivity index (χ1v) is 10.2. The van der Waals surface area contributed by atoms with E-state index in [-0.39, 0.29) is 6.17 Å². The van der Waals surface area contributed by atoms with Crippen LogP contribution >= 0.6 is 0 Å². The number of aromatic nitrogens is 5. The third-order valence-electron chi connectivity index (χ3n) is 5.68. The maximum atomic E-state index is 5.79. The number of fused-ring (bicyclic) bond motifs is 3. The lowest BCUT2D eigenvalue weighted by Crippen LogP contribution is -2.27. The van der Waals surface area contributed by atoms with Crippen molar-refractivity contribution in [1.82, 2.24) is 25.0 Å². The highest BCUT2D eigenvalue weighted by Gasteiger charge is 2.26. The molecule has 1 atom stereocenters. The highest BCUT2D eigenvalue weighted by atomic mass is 16.5. The van der Waals surface area contributed by atoms with Crippen molar-refractivity contribution < 1.29 is 4.74 Å². The molecule has 1 aliphatic rings. The average Bonchev–Trinajstić information content (AvgIpc) is 3.34. The molecule has 0 saturated carbocycles. The van der Waals surface area contributed by atoms with Crippen LogP contribution in [0.3, 0.4) is 0 Å². The normalized spacial score (nSPS) is 15.5. The van der Waals surface area contributed by atoms with Crippen LogP contribution in [-0.4, -0.2) is 44.1 Å². The number of aromatic amines is 2. The molecule has 1 unspecified atom stereocenters. The molecular weight excluding hydrogens is 392 g/mol. The molecule has 4 heterocycles. The summed E-state index contributed by atoms with van der Waals surface area (Å²) in [7, 11) is 3.61. The number of rotatable bonds is 3. The molecule has 0 radical (unpaired) electrons. The summed E-state index contributed by atoms with van der Waals surface area (Å²) in [6, 6.07) is 6.19. The van der Waals surface area contributed by atoms with Crippen molar-refractivity contribution >= 4 is 28.4 Å². The van der Waals surface area contributed by atoms with Gasteiger partial charge in [-0.15, -0.1) is 0 Å². The molecule has 4 N–H and O–H groups in total. The average molecular weight is 419 g/mol. The van der Waals surface area contributed by atoms with Crippen molar-refractivity contribution in [3.63, 3.8) is 0 Å². The Morgan fingerprint density at radius 2 is 1.94 bits per heavy atom. The van der Waals surface area contributed by atoms with Crippen LogP contribution in [0.4, 0.5) is 11.6 Å². The molecule has 0 spiro atoms. The van der Waals surface area contributed by atoms with Crippen molar-refractivity contribution in [1.29, 1.82) is 0 Å². The van der Waals surface area contributed by atoms with E-state index in [0.717, 1.165) is 67.9 Å². The largest absolute Gasteiger partial charge is 0.496 e. The lowest BCUT2D eigenvalue weighted by molar-refractivity contribution is 0.417. The van der Waals surface area contributed by atoms with Gasteiger partial charge in [-0.05, 0) is 39.8 Å². The Kier molecular flexibility index (Phi) is 4.28. The van der Waals surface area contributed by atoms with Gasteiger partial charge in [0.05, 0.1) is 24.1 Å². The SMILES string of the molecule is COc1cc2c3c([nH]c2cc1-c1c(C)n[nH]c1C)NC(C)N=C3Nc1cc(C)nn1C. The second-order valence-electron chi connectivity index (χ2n) is 8.00. The van der Waals surface area contributed by atoms with Gasteiger partial charge in [-0.3, -0.25) is 9.78 Å². The molecule has 4 aromatic rings. The summed E-state index contributed by atoms with van der Waals surface area (Å²) in [5.74, 6) is 3.40. The highest BCUT2D eigenvalue weighted by Crippen LogP contribution is 2.40. The topological polar surface area (TPSA) is 108 Å². The quantitative estimate of drug-likeness (QED) is 0.404. The van der Waals surface area contributed by atoms with Gasteiger partial charge in [-0.1, -0.05) is 0 Å². The number of nitrogens with zero attached hydrogens (tertiary/aromatic N) is 4. The van der Waals surface area contributed by atoms with Crippen molar-refractivity contribution in [2.45, 2.75) is 33.9 Å². The molecule has 0 fully saturated rings. The number of methoxy groups -OCH3 is 1. The molecule has 9 nitrogen and oxygen atoms in total. The molecule has 0 amide bonds. The zero-order valence-corrected chi connectivity index (χ0v) is 18.5. The third-order valence-corrected chi connectivity index (χ3v) is 5.68. The summed E-state index contributed by atoms with van der Waals surface area (Å²) in [6.07, 6.45) is -0.0721. The first-order valence-electron chi connectivity index (χ1n) is 10.2. The Morgan fingerprint density at radius 3 is 2.58 bits per heavy atom. The van der Waals surface area contributed by atoms with E-state index in [0.29, 0.717) is 0 Å². The summed E-state index contributed by atoms with van der Waals surface area (Å²) in [6.45, 7) is 8.01. The lowest BCUT2D eigenvalue weighted by atomic mass is 9.99. The molecule has 9 heteroatoms. The van der Waals surface area contributed by atoms with Gasteiger partial charge < -0.3 is 20.4 Å². The summed E-state index contributed by atoms with van der Waals surface area (Å²) in [4.78, 5) is 8.36. The number of amidine groups is 1. The van der Waals surface area contributed by atoms with Gasteiger partial charge in [0, 0.05) is 40.8 Å². The van der Waals surface area contributed by atoms with Crippen molar-refractivity contribution in [3.05, 3.63) is 40.8 Å². The Morgan fingerprint density at radius 1 is 1.13 bits per heavy atom. The van der Waals surface area contributed by atoms with E-state index >= 15 is 0 Å². The number of H-pyrrole nitrogens is 2. The Labute approximate surface area is 179 Å². The minimum Gasteiger partial charge on any atom is -0.496 e. The zero-order valence-electron chi connectivity index (χ0n) is 18.5. The van der Waals surface area contributed by atoms with Gasteiger partial charge in [0.1, 0.15) is 29.4 Å². The van der Waals surface area contributed by atoms with Crippen LogP contribution in [0.25, 0.3) is 22.0 Å². The Balaban J connectivity index is 1.68. The summed E-state index contributed by atoms with van der Waals surface area (Å²) >= 11 is 0. The monoisotopic (exact) mass is 418 g/mol. The molecule has 160 valence electrons. The standard InChI is InChI=1S/C22H26N8O/c1-10-7-18(30(5)29-10)26-22-20-14-9-17(31-6)15(19-11(2)27-28-12(19)3)8-16(14)25-21(20)23-13(4)24-22/h7-9,13,23,25H,1-6H3,(H,24,26)(H,27,28). The molecule has 0 aliphatic carbocycles. The minimum absolute atomic E-state index is 0.0721. The molecule has 31 heavy (non-hydrogen) atoms. The number of nitrogens with one attached hydrogen (secondary N) is 4. The predicted octanol–water partition coefficient (Wildman–Crippen LogP) is 3.86. The van der Waals surface area contributed by atoms with Crippen LogP contribution in [0, 0.1) is 20.8 Å². The van der Waals surface area contributed by atoms with Crippen LogP contribution in [0.1, 0.15) is 29.6 Å². The number of ether oxygens (including phenoxy) is 1. The van der Waals surface area contributed by atoms with Gasteiger partial charge in [0.25, 0.3) is 0 Å². The Bertz CT molecular complexity index is 1320. The summed E-state index contributed by atoms with van der Waals surface area (Å²) in [5, 5.41) is 19.8. The molecule has 1 aromatic carbocycles. The van der Waals surface area contributed by atoms with Crippen LogP contribution in [0.2, 0.25) is 0 Å². The van der Waals surface area contributed by atoms with E-state index in [1.54, 1.807) is 7.11 Å². The number of benzene rings is 1. The van der Waals surface area contributed by atoms with Crippen molar-refractivity contribution in [2.75, 3.05) is 17.7 Å². The van der Waals surface area contributed by atoms with E-state index < -0.39 is 0 Å². The lowest BCUT2D eigenvalue weighted by Gasteiger charge is -2.21. The Hall–Kier alpha value is -3.75. The fourth-order valence-corrected chi connectivity index (χ4v) is 4.33. The number of anilines is 2. The molecule has 3 aromatic heterocycles. The van der Waals surface area contributed by atoms with Gasteiger partial charge in [0.2, 0.25) is 0 Å². The first kappa shape index (κ1) is 19.2. The zero-order chi connectivity index (χ0) is 21.9. The number of aryl methyl sites for hydroxylation is 4. The number of hydrogen-bond acceptors (Lipinski definition) is 6. The second kappa shape index (κ2) is 6.90. The highest BCUT2D eigenvalue weighted by molar-refractivity contribution is 6.20. The molecule has 1 aliphatic heterocycles. The predicted molar refractivity (Wildman–Crippen MR) is 123 cm³/mol. The number of hydrogen-bond donors (Lipinski definition) is 4. The van der Waals surface area contributed by atoms with Gasteiger partial charge in [-0.25, -0.2) is 4.99 Å². The fraction of sp³-hybridized carbons (Fsp3) is 0.318. The second-order valence-corrected chi connectivity index (χ2v) is 8.00. The molecule has 0 bridgehead atoms. The van der Waals surface area contributed by atoms with Crippen molar-refractivity contribution in [3.8, 4) is 16.9 Å². The smallest absolute Gasteiger partial charge is 0.140 e. The third kappa shape index (κ3) is 3.04. The molecule has 5 rings (SSSR count). The van der Waals surface area contributed by atoms with Crippen LogP contribution < -0.4 is 15.4 Å². The van der Waals surface area contributed by atoms with E-state index in [4.69, 9.17) is 9.73 Å². The first-order chi connectivity index (χ1) is 14.9. The number of aliphatic imine (C=N–C) groups is 1. The minimum atomic E-state index is -0.0721. The van der Waals surface area contributed by atoms with Crippen LogP contribution in [0.5, 0.6) is 5.75 Å². The van der Waals surface area contributed by atoms with Crippen molar-refractivity contribution in [2.24, 2.45) is 12.0 Å². The summed E-state index contributed by atoms with van der Waals surface area (Å²) < 4.78 is 7.62. The maximum absolute atomic E-state index is 5.79.